The second kappa shape index (κ2) is 2.66. The summed E-state index contributed by atoms with van der Waals surface area (Å²) < 4.78 is 0. The average molecular weight is 201 g/mol. The Morgan fingerprint density at radius 2 is 2.40 bits per heavy atom. The smallest absolute Gasteiger partial charge is 0.178 e. The highest BCUT2D eigenvalue weighted by atomic mass is 16.1. The summed E-state index contributed by atoms with van der Waals surface area (Å²) in [4.78, 5) is 20.6. The third-order valence-corrected chi connectivity index (χ3v) is 3.22. The van der Waals surface area contributed by atoms with Crippen LogP contribution in [-0.4, -0.2) is 23.1 Å². The van der Waals surface area contributed by atoms with Crippen molar-refractivity contribution < 1.29 is 4.79 Å². The standard InChI is InChI=1S/C11H11N3O/c1-11-3-5-13-10(11)14-8-6-12-4-2-7(8)9(11)15/h2,4,6H,3,5H2,1H3,(H,13,14). The normalized spacial score (nSPS) is 27.8. The highest BCUT2D eigenvalue weighted by Crippen LogP contribution is 2.39. The van der Waals surface area contributed by atoms with Crippen molar-refractivity contribution in [1.29, 1.82) is 0 Å². The van der Waals surface area contributed by atoms with E-state index in [0.29, 0.717) is 0 Å². The maximum atomic E-state index is 12.3. The van der Waals surface area contributed by atoms with Crippen LogP contribution in [0.15, 0.2) is 23.5 Å². The predicted molar refractivity (Wildman–Crippen MR) is 57.2 cm³/mol. The van der Waals surface area contributed by atoms with Crippen molar-refractivity contribution in [2.24, 2.45) is 10.4 Å². The van der Waals surface area contributed by atoms with Crippen molar-refractivity contribution in [3.05, 3.63) is 24.0 Å². The fourth-order valence-corrected chi connectivity index (χ4v) is 2.20. The number of aliphatic imine (C=N–C) groups is 1. The Hall–Kier alpha value is -1.71. The lowest BCUT2D eigenvalue weighted by Gasteiger charge is -2.31. The first-order valence-corrected chi connectivity index (χ1v) is 5.02. The number of amidine groups is 1. The molecule has 0 saturated carbocycles. The molecule has 76 valence electrons. The molecule has 4 heteroatoms. The Morgan fingerprint density at radius 3 is 3.27 bits per heavy atom. The van der Waals surface area contributed by atoms with Gasteiger partial charge in [0.05, 0.1) is 17.3 Å². The molecule has 3 rings (SSSR count). The van der Waals surface area contributed by atoms with Crippen LogP contribution in [0.25, 0.3) is 0 Å². The summed E-state index contributed by atoms with van der Waals surface area (Å²) in [6.45, 7) is 2.68. The van der Waals surface area contributed by atoms with E-state index in [-0.39, 0.29) is 5.78 Å². The van der Waals surface area contributed by atoms with Crippen molar-refractivity contribution in [3.8, 4) is 0 Å². The van der Waals surface area contributed by atoms with Gasteiger partial charge in [-0.15, -0.1) is 0 Å². The third-order valence-electron chi connectivity index (χ3n) is 3.22. The van der Waals surface area contributed by atoms with Gasteiger partial charge in [0.15, 0.2) is 5.78 Å². The topological polar surface area (TPSA) is 54.4 Å². The van der Waals surface area contributed by atoms with Gasteiger partial charge in [-0.3, -0.25) is 14.8 Å². The van der Waals surface area contributed by atoms with Gasteiger partial charge in [0.25, 0.3) is 0 Å². The van der Waals surface area contributed by atoms with Crippen LogP contribution in [0.2, 0.25) is 0 Å². The number of pyridine rings is 1. The molecule has 1 aromatic rings. The zero-order valence-electron chi connectivity index (χ0n) is 8.45. The zero-order valence-corrected chi connectivity index (χ0v) is 8.45. The predicted octanol–water partition coefficient (Wildman–Crippen LogP) is 1.50. The Balaban J connectivity index is 2.21. The molecule has 1 N–H and O–H groups in total. The molecule has 0 radical (unpaired) electrons. The minimum atomic E-state index is -0.436. The van der Waals surface area contributed by atoms with E-state index >= 15 is 0 Å². The van der Waals surface area contributed by atoms with Gasteiger partial charge in [-0.2, -0.15) is 0 Å². The van der Waals surface area contributed by atoms with Gasteiger partial charge in [-0.1, -0.05) is 0 Å². The molecule has 15 heavy (non-hydrogen) atoms. The monoisotopic (exact) mass is 201 g/mol. The summed E-state index contributed by atoms with van der Waals surface area (Å²) >= 11 is 0. The fourth-order valence-electron chi connectivity index (χ4n) is 2.20. The molecule has 2 aliphatic rings. The van der Waals surface area contributed by atoms with E-state index in [0.717, 1.165) is 30.1 Å². The van der Waals surface area contributed by atoms with Gasteiger partial charge in [0, 0.05) is 18.3 Å². The number of hydrogen-bond donors (Lipinski definition) is 1. The van der Waals surface area contributed by atoms with Gasteiger partial charge in [-0.25, -0.2) is 0 Å². The Kier molecular flexibility index (Phi) is 1.52. The lowest BCUT2D eigenvalue weighted by molar-refractivity contribution is 0.0885. The van der Waals surface area contributed by atoms with Crippen molar-refractivity contribution in [2.45, 2.75) is 13.3 Å². The number of nitrogens with zero attached hydrogens (tertiary/aromatic N) is 2. The highest BCUT2D eigenvalue weighted by Gasteiger charge is 2.45. The molecule has 0 aromatic carbocycles. The van der Waals surface area contributed by atoms with Crippen LogP contribution < -0.4 is 5.32 Å². The maximum absolute atomic E-state index is 12.3. The first-order valence-electron chi connectivity index (χ1n) is 5.02. The lowest BCUT2D eigenvalue weighted by Crippen LogP contribution is -2.42. The summed E-state index contributed by atoms with van der Waals surface area (Å²) in [5, 5.41) is 3.20. The van der Waals surface area contributed by atoms with E-state index in [1.807, 2.05) is 6.92 Å². The van der Waals surface area contributed by atoms with E-state index in [1.54, 1.807) is 18.5 Å². The minimum absolute atomic E-state index is 0.162. The molecule has 0 spiro atoms. The third kappa shape index (κ3) is 0.988. The average Bonchev–Trinajstić information content (AvgIpc) is 2.62. The van der Waals surface area contributed by atoms with Crippen molar-refractivity contribution in [2.75, 3.05) is 11.9 Å². The van der Waals surface area contributed by atoms with Crippen molar-refractivity contribution >= 4 is 17.3 Å². The number of rotatable bonds is 0. The van der Waals surface area contributed by atoms with Crippen LogP contribution in [0.1, 0.15) is 23.7 Å². The van der Waals surface area contributed by atoms with Crippen LogP contribution in [0.3, 0.4) is 0 Å². The largest absolute Gasteiger partial charge is 0.341 e. The molecule has 1 atom stereocenters. The van der Waals surface area contributed by atoms with Gasteiger partial charge in [0.1, 0.15) is 5.84 Å². The molecule has 1 aromatic heterocycles. The van der Waals surface area contributed by atoms with E-state index in [9.17, 15) is 4.79 Å². The van der Waals surface area contributed by atoms with Crippen LogP contribution in [0.4, 0.5) is 5.69 Å². The molecule has 0 bridgehead atoms. The quantitative estimate of drug-likeness (QED) is 0.692. The summed E-state index contributed by atoms with van der Waals surface area (Å²) in [5.74, 6) is 0.961. The van der Waals surface area contributed by atoms with Crippen molar-refractivity contribution in [1.82, 2.24) is 4.98 Å². The van der Waals surface area contributed by atoms with Gasteiger partial charge in [-0.05, 0) is 19.4 Å². The number of carbonyl (C=O) groups excluding carboxylic acids is 1. The van der Waals surface area contributed by atoms with Gasteiger partial charge in [0.2, 0.25) is 0 Å². The number of anilines is 1. The Labute approximate surface area is 87.4 Å². The summed E-state index contributed by atoms with van der Waals surface area (Å²) in [6, 6.07) is 1.77. The number of aromatic nitrogens is 1. The maximum Gasteiger partial charge on any atom is 0.178 e. The second-order valence-corrected chi connectivity index (χ2v) is 4.19. The number of Topliss-reactive ketones (excluding diaryl/α,β-unsaturated/α-hetero) is 1. The molecule has 3 heterocycles. The molecule has 0 aliphatic carbocycles. The summed E-state index contributed by atoms with van der Waals surface area (Å²) in [5.41, 5.74) is 1.07. The number of nitrogens with one attached hydrogen (secondary N) is 1. The van der Waals surface area contributed by atoms with Crippen LogP contribution in [0, 0.1) is 5.41 Å². The summed E-state index contributed by atoms with van der Waals surface area (Å²) in [6.07, 6.45) is 4.13. The minimum Gasteiger partial charge on any atom is -0.341 e. The van der Waals surface area contributed by atoms with Crippen LogP contribution >= 0.6 is 0 Å². The molecule has 0 saturated heterocycles. The molecular formula is C11H11N3O. The number of hydrogen-bond acceptors (Lipinski definition) is 4. The van der Waals surface area contributed by atoms with E-state index < -0.39 is 5.41 Å². The van der Waals surface area contributed by atoms with E-state index in [4.69, 9.17) is 0 Å². The SMILES string of the molecule is CC12CCN=C1Nc1cnccc1C2=O. The number of fused-ring (bicyclic) bond motifs is 2. The van der Waals surface area contributed by atoms with Crippen LogP contribution in [0.5, 0.6) is 0 Å². The van der Waals surface area contributed by atoms with Gasteiger partial charge < -0.3 is 5.32 Å². The molecule has 4 nitrogen and oxygen atoms in total. The van der Waals surface area contributed by atoms with E-state index in [1.165, 1.54) is 0 Å². The first kappa shape index (κ1) is 8.59. The molecule has 2 aliphatic heterocycles. The molecule has 0 amide bonds. The molecule has 0 fully saturated rings. The Morgan fingerprint density at radius 1 is 1.53 bits per heavy atom. The van der Waals surface area contributed by atoms with Gasteiger partial charge >= 0.3 is 0 Å². The highest BCUT2D eigenvalue weighted by molar-refractivity contribution is 6.25. The number of carbonyl (C=O) groups is 1. The molecule has 1 unspecified atom stereocenters. The number of ketones is 1. The first-order chi connectivity index (χ1) is 7.22. The second-order valence-electron chi connectivity index (χ2n) is 4.19. The van der Waals surface area contributed by atoms with Crippen LogP contribution in [-0.2, 0) is 0 Å². The van der Waals surface area contributed by atoms with Crippen molar-refractivity contribution in [3.63, 3.8) is 0 Å². The molecular weight excluding hydrogens is 190 g/mol. The Bertz CT molecular complexity index is 480. The summed E-state index contributed by atoms with van der Waals surface area (Å²) in [7, 11) is 0. The fraction of sp³-hybridized carbons (Fsp3) is 0.364. The zero-order chi connectivity index (χ0) is 10.5. The van der Waals surface area contributed by atoms with E-state index in [2.05, 4.69) is 15.3 Å². The lowest BCUT2D eigenvalue weighted by atomic mass is 9.77.